The molecule has 14 aromatic rings. The third-order valence-electron chi connectivity index (χ3n) is 13.6. The zero-order valence-corrected chi connectivity index (χ0v) is 36.6. The average molecular weight is 867 g/mol. The lowest BCUT2D eigenvalue weighted by Gasteiger charge is -2.21. The lowest BCUT2D eigenvalue weighted by Crippen LogP contribution is -2.04. The van der Waals surface area contributed by atoms with Gasteiger partial charge in [-0.15, -0.1) is 0 Å². The van der Waals surface area contributed by atoms with Crippen LogP contribution < -0.4 is 0 Å². The summed E-state index contributed by atoms with van der Waals surface area (Å²) in [4.78, 5) is 16.1. The van der Waals surface area contributed by atoms with Crippen LogP contribution in [0.2, 0.25) is 0 Å². The molecule has 68 heavy (non-hydrogen) atoms. The van der Waals surface area contributed by atoms with Crippen LogP contribution in [-0.2, 0) is 0 Å². The van der Waals surface area contributed by atoms with Gasteiger partial charge in [0.05, 0.1) is 16.7 Å². The normalized spacial score (nSPS) is 11.8. The molecule has 0 spiro atoms. The molecule has 3 heterocycles. The van der Waals surface area contributed by atoms with Gasteiger partial charge >= 0.3 is 0 Å². The first-order chi connectivity index (χ1) is 33.7. The molecule has 5 heteroatoms. The van der Waals surface area contributed by atoms with Crippen molar-refractivity contribution in [3.8, 4) is 62.1 Å². The molecule has 0 aliphatic rings. The van der Waals surface area contributed by atoms with E-state index in [9.17, 15) is 0 Å². The Bertz CT molecular complexity index is 4320. The van der Waals surface area contributed by atoms with Gasteiger partial charge < -0.3 is 8.98 Å². The van der Waals surface area contributed by atoms with Crippen LogP contribution in [0.25, 0.3) is 138 Å². The van der Waals surface area contributed by atoms with E-state index in [1.165, 1.54) is 32.3 Å². The molecular formula is C63H38N4O. The van der Waals surface area contributed by atoms with Crippen LogP contribution in [0.4, 0.5) is 0 Å². The second-order valence-corrected chi connectivity index (χ2v) is 17.6. The summed E-state index contributed by atoms with van der Waals surface area (Å²) in [6, 6.07) is 82.0. The van der Waals surface area contributed by atoms with Gasteiger partial charge in [0.1, 0.15) is 11.2 Å². The SMILES string of the molecule is c1ccc(-c2ccc3c(-n4c5ccccc5c5cc6ccccc6cc54)c(-c4ccc5ccccc5c4)cc(-c4nc(-c5ccccc5)nc(-c5ccc6oc7ccccc7c6c5)n4)c3c2)cc1. The van der Waals surface area contributed by atoms with Gasteiger partial charge in [-0.3, -0.25) is 0 Å². The summed E-state index contributed by atoms with van der Waals surface area (Å²) in [6.07, 6.45) is 0. The van der Waals surface area contributed by atoms with Crippen molar-refractivity contribution < 1.29 is 4.42 Å². The Morgan fingerprint density at radius 2 is 0.868 bits per heavy atom. The van der Waals surface area contributed by atoms with Gasteiger partial charge in [-0.25, -0.2) is 15.0 Å². The van der Waals surface area contributed by atoms with Gasteiger partial charge in [-0.1, -0.05) is 170 Å². The Morgan fingerprint density at radius 3 is 1.68 bits per heavy atom. The van der Waals surface area contributed by atoms with Crippen molar-refractivity contribution in [1.82, 2.24) is 19.5 Å². The molecule has 11 aromatic carbocycles. The van der Waals surface area contributed by atoms with Crippen LogP contribution in [0.15, 0.2) is 235 Å². The standard InChI is InChI=1S/C63H38N4O/c1-3-15-39(16-4-1)45-29-31-50-52(34-45)55(63-65-61(41-18-5-2-6-19-41)64-62(66-63)47-30-32-59-54(36-47)49-24-12-14-26-58(49)68-59)38-51(46-28-27-40-17-7-8-20-42(40)33-46)60(50)67-56-25-13-11-23-48(56)53-35-43-21-9-10-22-44(43)37-57(53)67/h1-38H. The largest absolute Gasteiger partial charge is 0.456 e. The van der Waals surface area contributed by atoms with Gasteiger partial charge in [0.2, 0.25) is 0 Å². The third-order valence-corrected chi connectivity index (χ3v) is 13.6. The number of furan rings is 1. The van der Waals surface area contributed by atoms with E-state index in [4.69, 9.17) is 19.4 Å². The fraction of sp³-hybridized carbons (Fsp3) is 0. The van der Waals surface area contributed by atoms with Crippen LogP contribution in [0.1, 0.15) is 0 Å². The van der Waals surface area contributed by atoms with E-state index < -0.39 is 0 Å². The van der Waals surface area contributed by atoms with Gasteiger partial charge in [-0.2, -0.15) is 0 Å². The number of para-hydroxylation sites is 2. The first-order valence-corrected chi connectivity index (χ1v) is 23.0. The second-order valence-electron chi connectivity index (χ2n) is 17.6. The predicted molar refractivity (Wildman–Crippen MR) is 281 cm³/mol. The molecule has 0 saturated heterocycles. The molecule has 316 valence electrons. The molecule has 0 atom stereocenters. The van der Waals surface area contributed by atoms with Crippen molar-refractivity contribution in [2.24, 2.45) is 0 Å². The average Bonchev–Trinajstić information content (AvgIpc) is 3.94. The first-order valence-electron chi connectivity index (χ1n) is 23.0. The second kappa shape index (κ2) is 15.2. The summed E-state index contributed by atoms with van der Waals surface area (Å²) in [5, 5.41) is 11.3. The van der Waals surface area contributed by atoms with Crippen molar-refractivity contribution in [2.75, 3.05) is 0 Å². The highest BCUT2D eigenvalue weighted by Crippen LogP contribution is 2.46. The summed E-state index contributed by atoms with van der Waals surface area (Å²) >= 11 is 0. The molecule has 0 amide bonds. The number of aromatic nitrogens is 4. The van der Waals surface area contributed by atoms with Crippen molar-refractivity contribution >= 4 is 76.1 Å². The molecule has 0 bridgehead atoms. The van der Waals surface area contributed by atoms with Gasteiger partial charge in [0.25, 0.3) is 0 Å². The van der Waals surface area contributed by atoms with E-state index in [-0.39, 0.29) is 0 Å². The Hall–Kier alpha value is -9.19. The minimum atomic E-state index is 0.582. The third kappa shape index (κ3) is 6.14. The molecule has 0 N–H and O–H groups in total. The number of nitrogens with zero attached hydrogens (tertiary/aromatic N) is 4. The number of fused-ring (bicyclic) bond motifs is 9. The Kier molecular flexibility index (Phi) is 8.52. The van der Waals surface area contributed by atoms with Gasteiger partial charge in [0, 0.05) is 49.2 Å². The fourth-order valence-corrected chi connectivity index (χ4v) is 10.3. The molecule has 0 unspecified atom stereocenters. The van der Waals surface area contributed by atoms with E-state index in [2.05, 4.69) is 193 Å². The van der Waals surface area contributed by atoms with Gasteiger partial charge in [0.15, 0.2) is 17.5 Å². The van der Waals surface area contributed by atoms with E-state index in [0.717, 1.165) is 88.4 Å². The Balaban J connectivity index is 1.12. The lowest BCUT2D eigenvalue weighted by atomic mass is 9.90. The summed E-state index contributed by atoms with van der Waals surface area (Å²) in [7, 11) is 0. The van der Waals surface area contributed by atoms with E-state index in [0.29, 0.717) is 17.5 Å². The van der Waals surface area contributed by atoms with Crippen molar-refractivity contribution in [1.29, 1.82) is 0 Å². The Labute approximate surface area is 390 Å². The maximum Gasteiger partial charge on any atom is 0.164 e. The monoisotopic (exact) mass is 866 g/mol. The van der Waals surface area contributed by atoms with E-state index >= 15 is 0 Å². The molecule has 0 aliphatic carbocycles. The number of benzene rings is 11. The number of rotatable bonds is 6. The minimum absolute atomic E-state index is 0.582. The molecular weight excluding hydrogens is 829 g/mol. The zero-order valence-electron chi connectivity index (χ0n) is 36.6. The highest BCUT2D eigenvalue weighted by atomic mass is 16.3. The maximum atomic E-state index is 6.27. The van der Waals surface area contributed by atoms with Crippen LogP contribution in [0.3, 0.4) is 0 Å². The fourth-order valence-electron chi connectivity index (χ4n) is 10.3. The van der Waals surface area contributed by atoms with E-state index in [1.54, 1.807) is 0 Å². The smallest absolute Gasteiger partial charge is 0.164 e. The number of hydrogen-bond acceptors (Lipinski definition) is 4. The summed E-state index contributed by atoms with van der Waals surface area (Å²) < 4.78 is 8.76. The molecule has 0 aliphatic heterocycles. The van der Waals surface area contributed by atoms with Crippen LogP contribution in [-0.4, -0.2) is 19.5 Å². The summed E-state index contributed by atoms with van der Waals surface area (Å²) in [6.45, 7) is 0. The maximum absolute atomic E-state index is 6.27. The van der Waals surface area contributed by atoms with Crippen molar-refractivity contribution in [3.63, 3.8) is 0 Å². The number of hydrogen-bond donors (Lipinski definition) is 0. The topological polar surface area (TPSA) is 56.7 Å². The predicted octanol–water partition coefficient (Wildman–Crippen LogP) is 16.7. The molecule has 0 fully saturated rings. The first kappa shape index (κ1) is 38.1. The quantitative estimate of drug-likeness (QED) is 0.167. The molecule has 3 aromatic heterocycles. The molecule has 0 radical (unpaired) electrons. The molecule has 5 nitrogen and oxygen atoms in total. The van der Waals surface area contributed by atoms with Crippen LogP contribution >= 0.6 is 0 Å². The van der Waals surface area contributed by atoms with Crippen LogP contribution in [0.5, 0.6) is 0 Å². The zero-order chi connectivity index (χ0) is 44.7. The van der Waals surface area contributed by atoms with Gasteiger partial charge in [-0.05, 0) is 104 Å². The minimum Gasteiger partial charge on any atom is -0.456 e. The van der Waals surface area contributed by atoms with Crippen LogP contribution in [0, 0.1) is 0 Å². The highest BCUT2D eigenvalue weighted by molar-refractivity contribution is 6.17. The van der Waals surface area contributed by atoms with Crippen molar-refractivity contribution in [3.05, 3.63) is 231 Å². The summed E-state index contributed by atoms with van der Waals surface area (Å²) in [5.41, 5.74) is 12.1. The summed E-state index contributed by atoms with van der Waals surface area (Å²) in [5.74, 6) is 1.77. The van der Waals surface area contributed by atoms with E-state index in [1.807, 2.05) is 42.5 Å². The lowest BCUT2D eigenvalue weighted by molar-refractivity contribution is 0.669. The highest BCUT2D eigenvalue weighted by Gasteiger charge is 2.24. The van der Waals surface area contributed by atoms with Crippen molar-refractivity contribution in [2.45, 2.75) is 0 Å². The molecule has 0 saturated carbocycles. The Morgan fingerprint density at radius 1 is 0.279 bits per heavy atom. The molecule has 14 rings (SSSR count).